The van der Waals surface area contributed by atoms with Gasteiger partial charge in [-0.25, -0.2) is 0 Å². The normalized spacial score (nSPS) is 12.1. The van der Waals surface area contributed by atoms with Crippen LogP contribution in [0.5, 0.6) is 5.75 Å². The number of fused-ring (bicyclic) bond motifs is 1. The standard InChI is InChI=1S/C32H24F3N3O2/c33-32(34,35)40-30-14-13-24(23-10-6-9-22(17-23)21-7-2-1-3-8-21)19-28(30)31(39)38-26(15-16-36)18-25-20-37-29-12-5-4-11-27(25)29/h1-14,17,19-20,26,37H,15,18H2,(H,38,39). The molecular formula is C32H24F3N3O2. The number of H-pyrrole nitrogens is 1. The Morgan fingerprint density at radius 2 is 1.55 bits per heavy atom. The minimum absolute atomic E-state index is 0.0283. The van der Waals surface area contributed by atoms with Crippen LogP contribution in [-0.4, -0.2) is 23.3 Å². The zero-order chi connectivity index (χ0) is 28.1. The van der Waals surface area contributed by atoms with Crippen LogP contribution in [0.3, 0.4) is 0 Å². The lowest BCUT2D eigenvalue weighted by molar-refractivity contribution is -0.274. The van der Waals surface area contributed by atoms with Crippen molar-refractivity contribution < 1.29 is 22.7 Å². The van der Waals surface area contributed by atoms with Crippen LogP contribution in [-0.2, 0) is 6.42 Å². The number of hydrogen-bond acceptors (Lipinski definition) is 3. The zero-order valence-electron chi connectivity index (χ0n) is 21.2. The van der Waals surface area contributed by atoms with Gasteiger partial charge >= 0.3 is 6.36 Å². The maximum atomic E-state index is 13.4. The Labute approximate surface area is 228 Å². The van der Waals surface area contributed by atoms with E-state index in [-0.39, 0.29) is 12.0 Å². The SMILES string of the molecule is N#CCC(Cc1c[nH]c2ccccc12)NC(=O)c1cc(-c2cccc(-c3ccccc3)c2)ccc1OC(F)(F)F. The van der Waals surface area contributed by atoms with Gasteiger partial charge in [0.15, 0.2) is 0 Å². The van der Waals surface area contributed by atoms with Crippen LogP contribution in [0.4, 0.5) is 13.2 Å². The lowest BCUT2D eigenvalue weighted by atomic mass is 9.97. The van der Waals surface area contributed by atoms with Crippen molar-refractivity contribution in [3.05, 3.63) is 114 Å². The predicted molar refractivity (Wildman–Crippen MR) is 147 cm³/mol. The van der Waals surface area contributed by atoms with Crippen molar-refractivity contribution in [1.29, 1.82) is 5.26 Å². The van der Waals surface area contributed by atoms with E-state index >= 15 is 0 Å². The van der Waals surface area contributed by atoms with Crippen molar-refractivity contribution in [2.24, 2.45) is 0 Å². The van der Waals surface area contributed by atoms with Crippen molar-refractivity contribution in [2.75, 3.05) is 0 Å². The van der Waals surface area contributed by atoms with E-state index in [1.54, 1.807) is 6.20 Å². The Balaban J connectivity index is 1.47. The lowest BCUT2D eigenvalue weighted by Crippen LogP contribution is -2.36. The summed E-state index contributed by atoms with van der Waals surface area (Å²) in [6.45, 7) is 0. The van der Waals surface area contributed by atoms with Gasteiger partial charge in [0.2, 0.25) is 0 Å². The monoisotopic (exact) mass is 539 g/mol. The number of halogens is 3. The number of benzene rings is 4. The van der Waals surface area contributed by atoms with Gasteiger partial charge in [0.05, 0.1) is 18.1 Å². The second-order valence-corrected chi connectivity index (χ2v) is 9.30. The Kier molecular flexibility index (Phi) is 7.56. The summed E-state index contributed by atoms with van der Waals surface area (Å²) in [5.41, 5.74) is 4.69. The minimum Gasteiger partial charge on any atom is -0.405 e. The average Bonchev–Trinajstić information content (AvgIpc) is 3.36. The topological polar surface area (TPSA) is 77.9 Å². The summed E-state index contributed by atoms with van der Waals surface area (Å²) >= 11 is 0. The summed E-state index contributed by atoms with van der Waals surface area (Å²) in [6.07, 6.45) is -2.89. The molecule has 0 aliphatic heterocycles. The molecule has 1 aromatic heterocycles. The fourth-order valence-electron chi connectivity index (χ4n) is 4.72. The summed E-state index contributed by atoms with van der Waals surface area (Å²) in [7, 11) is 0. The van der Waals surface area contributed by atoms with E-state index in [4.69, 9.17) is 0 Å². The fourth-order valence-corrected chi connectivity index (χ4v) is 4.72. The molecular weight excluding hydrogens is 515 g/mol. The van der Waals surface area contributed by atoms with E-state index < -0.39 is 24.1 Å². The van der Waals surface area contributed by atoms with E-state index in [0.29, 0.717) is 12.0 Å². The minimum atomic E-state index is -4.99. The Bertz CT molecular complexity index is 1690. The molecule has 0 aliphatic carbocycles. The highest BCUT2D eigenvalue weighted by molar-refractivity contribution is 5.98. The molecule has 1 unspecified atom stereocenters. The summed E-state index contributed by atoms with van der Waals surface area (Å²) in [5, 5.41) is 13.1. The van der Waals surface area contributed by atoms with Crippen LogP contribution in [0.1, 0.15) is 22.3 Å². The van der Waals surface area contributed by atoms with Crippen molar-refractivity contribution in [1.82, 2.24) is 10.3 Å². The molecule has 5 aromatic rings. The molecule has 0 saturated heterocycles. The van der Waals surface area contributed by atoms with Crippen molar-refractivity contribution in [3.8, 4) is 34.1 Å². The molecule has 0 saturated carbocycles. The van der Waals surface area contributed by atoms with Crippen molar-refractivity contribution >= 4 is 16.8 Å². The quantitative estimate of drug-likeness (QED) is 0.213. The molecule has 2 N–H and O–H groups in total. The van der Waals surface area contributed by atoms with Crippen LogP contribution in [0.2, 0.25) is 0 Å². The molecule has 5 rings (SSSR count). The molecule has 8 heteroatoms. The van der Waals surface area contributed by atoms with Crippen molar-refractivity contribution in [2.45, 2.75) is 25.2 Å². The van der Waals surface area contributed by atoms with Gasteiger partial charge in [0.1, 0.15) is 5.75 Å². The molecule has 0 aliphatic rings. The van der Waals surface area contributed by atoms with Gasteiger partial charge in [0.25, 0.3) is 5.91 Å². The van der Waals surface area contributed by atoms with Gasteiger partial charge < -0.3 is 15.0 Å². The summed E-state index contributed by atoms with van der Waals surface area (Å²) in [5.74, 6) is -1.38. The number of carbonyl (C=O) groups excluding carboxylic acids is 1. The Morgan fingerprint density at radius 1 is 0.875 bits per heavy atom. The number of amides is 1. The molecule has 1 amide bonds. The summed E-state index contributed by atoms with van der Waals surface area (Å²) < 4.78 is 43.9. The van der Waals surface area contributed by atoms with Crippen LogP contribution >= 0.6 is 0 Å². The number of carbonyl (C=O) groups is 1. The highest BCUT2D eigenvalue weighted by Gasteiger charge is 2.33. The Morgan fingerprint density at radius 3 is 2.30 bits per heavy atom. The van der Waals surface area contributed by atoms with E-state index in [1.807, 2.05) is 78.9 Å². The van der Waals surface area contributed by atoms with E-state index in [2.05, 4.69) is 21.1 Å². The molecule has 0 bridgehead atoms. The van der Waals surface area contributed by atoms with E-state index in [9.17, 15) is 23.2 Å². The van der Waals surface area contributed by atoms with Crippen molar-refractivity contribution in [3.63, 3.8) is 0 Å². The molecule has 0 fully saturated rings. The largest absolute Gasteiger partial charge is 0.573 e. The lowest BCUT2D eigenvalue weighted by Gasteiger charge is -2.19. The molecule has 40 heavy (non-hydrogen) atoms. The third-order valence-electron chi connectivity index (χ3n) is 6.57. The number of aromatic nitrogens is 1. The third-order valence-corrected chi connectivity index (χ3v) is 6.57. The highest BCUT2D eigenvalue weighted by atomic mass is 19.4. The van der Waals surface area contributed by atoms with Gasteiger partial charge in [-0.05, 0) is 58.5 Å². The summed E-state index contributed by atoms with van der Waals surface area (Å²) in [6, 6.07) is 30.2. The number of para-hydroxylation sites is 1. The number of ether oxygens (including phenoxy) is 1. The van der Waals surface area contributed by atoms with Gasteiger partial charge in [-0.2, -0.15) is 5.26 Å². The second-order valence-electron chi connectivity index (χ2n) is 9.30. The van der Waals surface area contributed by atoms with Gasteiger partial charge in [-0.1, -0.05) is 72.8 Å². The number of hydrogen-bond donors (Lipinski definition) is 2. The second kappa shape index (κ2) is 11.4. The first-order valence-corrected chi connectivity index (χ1v) is 12.6. The smallest absolute Gasteiger partial charge is 0.405 e. The predicted octanol–water partition coefficient (Wildman–Crippen LogP) is 7.66. The number of aromatic amines is 1. The van der Waals surface area contributed by atoms with E-state index in [0.717, 1.165) is 39.2 Å². The number of nitrogens with one attached hydrogen (secondary N) is 2. The van der Waals surface area contributed by atoms with Gasteiger partial charge in [0, 0.05) is 23.1 Å². The molecule has 0 radical (unpaired) electrons. The van der Waals surface area contributed by atoms with Crippen LogP contribution < -0.4 is 10.1 Å². The molecule has 4 aromatic carbocycles. The summed E-state index contributed by atoms with van der Waals surface area (Å²) in [4.78, 5) is 16.6. The molecule has 1 heterocycles. The zero-order valence-corrected chi connectivity index (χ0v) is 21.2. The maximum Gasteiger partial charge on any atom is 0.573 e. The van der Waals surface area contributed by atoms with Crippen LogP contribution in [0.15, 0.2) is 103 Å². The van der Waals surface area contributed by atoms with Crippen LogP contribution in [0, 0.1) is 11.3 Å². The van der Waals surface area contributed by atoms with E-state index in [1.165, 1.54) is 12.1 Å². The first-order chi connectivity index (χ1) is 19.3. The highest BCUT2D eigenvalue weighted by Crippen LogP contribution is 2.33. The fraction of sp³-hybridized carbons (Fsp3) is 0.125. The van der Waals surface area contributed by atoms with Gasteiger partial charge in [-0.3, -0.25) is 4.79 Å². The third kappa shape index (κ3) is 6.16. The Hall–Kier alpha value is -5.03. The number of alkyl halides is 3. The van der Waals surface area contributed by atoms with Gasteiger partial charge in [-0.15, -0.1) is 13.2 Å². The first kappa shape index (κ1) is 26.6. The maximum absolute atomic E-state index is 13.4. The first-order valence-electron chi connectivity index (χ1n) is 12.6. The number of nitriles is 1. The molecule has 1 atom stereocenters. The average molecular weight is 540 g/mol. The van der Waals surface area contributed by atoms with Crippen LogP contribution in [0.25, 0.3) is 33.2 Å². The molecule has 0 spiro atoms. The number of nitrogens with zero attached hydrogens (tertiary/aromatic N) is 1. The molecule has 5 nitrogen and oxygen atoms in total. The molecule has 200 valence electrons. The number of rotatable bonds is 8.